The van der Waals surface area contributed by atoms with Gasteiger partial charge in [-0.2, -0.15) is 5.10 Å². The van der Waals surface area contributed by atoms with Crippen LogP contribution in [0.3, 0.4) is 0 Å². The fourth-order valence-corrected chi connectivity index (χ4v) is 3.62. The van der Waals surface area contributed by atoms with Gasteiger partial charge in [-0.15, -0.1) is 0 Å². The van der Waals surface area contributed by atoms with Crippen molar-refractivity contribution in [2.45, 2.75) is 11.6 Å². The first-order valence-electron chi connectivity index (χ1n) is 9.91. The Bertz CT molecular complexity index is 836. The van der Waals surface area contributed by atoms with Crippen LogP contribution in [0.1, 0.15) is 5.69 Å². The van der Waals surface area contributed by atoms with E-state index in [1.54, 1.807) is 13.2 Å². The minimum Gasteiger partial charge on any atom is -0.490 e. The van der Waals surface area contributed by atoms with E-state index < -0.39 is 0 Å². The predicted octanol–water partition coefficient (Wildman–Crippen LogP) is 1.10. The van der Waals surface area contributed by atoms with Crippen molar-refractivity contribution in [2.75, 3.05) is 76.9 Å². The molecule has 3 rings (SSSR count). The Kier molecular flexibility index (Phi) is 7.88. The van der Waals surface area contributed by atoms with Crippen LogP contribution in [0.25, 0.3) is 0 Å². The summed E-state index contributed by atoms with van der Waals surface area (Å²) >= 11 is 1.48. The molecular formula is C19H30N8O2S. The molecule has 164 valence electrons. The Morgan fingerprint density at radius 1 is 1.30 bits per heavy atom. The summed E-state index contributed by atoms with van der Waals surface area (Å²) < 4.78 is 5.71. The Morgan fingerprint density at radius 3 is 2.70 bits per heavy atom. The molecule has 2 N–H and O–H groups in total. The number of hydrogen-bond acceptors (Lipinski definition) is 10. The van der Waals surface area contributed by atoms with Gasteiger partial charge in [-0.25, -0.2) is 9.97 Å². The molecule has 0 spiro atoms. The van der Waals surface area contributed by atoms with Crippen LogP contribution in [0.15, 0.2) is 11.2 Å². The highest BCUT2D eigenvalue weighted by Crippen LogP contribution is 2.36. The zero-order valence-electron chi connectivity index (χ0n) is 18.0. The van der Waals surface area contributed by atoms with E-state index in [1.807, 2.05) is 6.26 Å². The van der Waals surface area contributed by atoms with Crippen LogP contribution in [0.4, 0.5) is 17.5 Å². The third kappa shape index (κ3) is 5.61. The Labute approximate surface area is 181 Å². The maximum atomic E-state index is 10.7. The maximum Gasteiger partial charge on any atom is 0.204 e. The fourth-order valence-electron chi connectivity index (χ4n) is 3.26. The molecule has 3 heterocycles. The highest BCUT2D eigenvalue weighted by Gasteiger charge is 2.25. The summed E-state index contributed by atoms with van der Waals surface area (Å²) in [5, 5.41) is 10.9. The van der Waals surface area contributed by atoms with Gasteiger partial charge in [0.1, 0.15) is 6.29 Å². The smallest absolute Gasteiger partial charge is 0.204 e. The van der Waals surface area contributed by atoms with Gasteiger partial charge in [0.25, 0.3) is 0 Å². The fraction of sp³-hybridized carbons (Fsp3) is 0.579. The van der Waals surface area contributed by atoms with Gasteiger partial charge < -0.3 is 24.6 Å². The second-order valence-electron chi connectivity index (χ2n) is 7.32. The van der Waals surface area contributed by atoms with Gasteiger partial charge in [0.05, 0.1) is 7.11 Å². The highest BCUT2D eigenvalue weighted by atomic mass is 32.2. The molecule has 0 radical (unpaired) electrons. The zero-order valence-corrected chi connectivity index (χ0v) is 18.8. The van der Waals surface area contributed by atoms with Crippen molar-refractivity contribution in [3.63, 3.8) is 0 Å². The normalized spacial score (nSPS) is 14.9. The largest absolute Gasteiger partial charge is 0.490 e. The number of nitrogens with zero attached hydrogens (tertiary/aromatic N) is 6. The van der Waals surface area contributed by atoms with E-state index in [9.17, 15) is 4.79 Å². The summed E-state index contributed by atoms with van der Waals surface area (Å²) in [5.74, 6) is 2.52. The van der Waals surface area contributed by atoms with E-state index >= 15 is 0 Å². The first-order valence-corrected chi connectivity index (χ1v) is 11.1. The van der Waals surface area contributed by atoms with E-state index in [0.717, 1.165) is 57.1 Å². The van der Waals surface area contributed by atoms with Crippen molar-refractivity contribution < 1.29 is 9.53 Å². The van der Waals surface area contributed by atoms with Crippen molar-refractivity contribution in [3.8, 4) is 5.75 Å². The van der Waals surface area contributed by atoms with Crippen LogP contribution in [-0.4, -0.2) is 103 Å². The first-order chi connectivity index (χ1) is 14.5. The number of anilines is 3. The molecule has 10 nitrogen and oxygen atoms in total. The molecule has 30 heavy (non-hydrogen) atoms. The number of aromatic nitrogens is 4. The Morgan fingerprint density at radius 2 is 2.07 bits per heavy atom. The molecule has 1 fully saturated rings. The molecule has 0 amide bonds. The SMILES string of the molecule is COc1c(Nc2cc(CC=O)[nH]n2)nc(SC)nc1N1CCN(CCN(C)C)CC1. The van der Waals surface area contributed by atoms with Gasteiger partial charge in [0.15, 0.2) is 22.6 Å². The number of thioether (sulfide) groups is 1. The monoisotopic (exact) mass is 434 g/mol. The number of hydrogen-bond donors (Lipinski definition) is 2. The summed E-state index contributed by atoms with van der Waals surface area (Å²) in [6.45, 7) is 5.82. The Balaban J connectivity index is 1.79. The predicted molar refractivity (Wildman–Crippen MR) is 119 cm³/mol. The van der Waals surface area contributed by atoms with E-state index in [0.29, 0.717) is 22.5 Å². The van der Waals surface area contributed by atoms with Crippen molar-refractivity contribution in [3.05, 3.63) is 11.8 Å². The van der Waals surface area contributed by atoms with Crippen LogP contribution in [0.2, 0.25) is 0 Å². The van der Waals surface area contributed by atoms with Gasteiger partial charge in [-0.1, -0.05) is 11.8 Å². The average molecular weight is 435 g/mol. The molecule has 1 aliphatic rings. The summed E-state index contributed by atoms with van der Waals surface area (Å²) in [7, 11) is 5.82. The lowest BCUT2D eigenvalue weighted by atomic mass is 10.3. The number of carbonyl (C=O) groups is 1. The van der Waals surface area contributed by atoms with Crippen LogP contribution in [-0.2, 0) is 11.2 Å². The lowest BCUT2D eigenvalue weighted by Crippen LogP contribution is -2.48. The molecule has 1 saturated heterocycles. The molecule has 0 unspecified atom stereocenters. The number of piperazine rings is 1. The maximum absolute atomic E-state index is 10.7. The molecule has 0 saturated carbocycles. The number of likely N-dealkylation sites (N-methyl/N-ethyl adjacent to an activating group) is 1. The number of ether oxygens (including phenoxy) is 1. The van der Waals surface area contributed by atoms with Crippen LogP contribution < -0.4 is 15.0 Å². The minimum atomic E-state index is 0.287. The lowest BCUT2D eigenvalue weighted by molar-refractivity contribution is -0.107. The number of aromatic amines is 1. The van der Waals surface area contributed by atoms with E-state index in [4.69, 9.17) is 9.72 Å². The molecule has 0 bridgehead atoms. The second kappa shape index (κ2) is 10.6. The third-order valence-electron chi connectivity index (χ3n) is 4.93. The number of aldehydes is 1. The van der Waals surface area contributed by atoms with Crippen molar-refractivity contribution in [1.82, 2.24) is 30.0 Å². The highest BCUT2D eigenvalue weighted by molar-refractivity contribution is 7.98. The molecule has 0 aliphatic carbocycles. The quantitative estimate of drug-likeness (QED) is 0.321. The standard InChI is InChI=1S/C19H30N8O2S/c1-25(2)6-7-26-8-10-27(11-9-26)18-16(29-3)17(21-19(22-18)30-4)20-15-13-14(5-12-28)23-24-15/h12-13H,5-11H2,1-4H3,(H2,20,21,22,23,24). The van der Waals surface area contributed by atoms with Gasteiger partial charge in [-0.05, 0) is 20.4 Å². The molecule has 1 aliphatic heterocycles. The van der Waals surface area contributed by atoms with Gasteiger partial charge in [0.2, 0.25) is 5.75 Å². The van der Waals surface area contributed by atoms with E-state index in [-0.39, 0.29) is 6.42 Å². The summed E-state index contributed by atoms with van der Waals surface area (Å²) in [4.78, 5) is 27.0. The van der Waals surface area contributed by atoms with E-state index in [1.165, 1.54) is 11.8 Å². The minimum absolute atomic E-state index is 0.287. The number of carbonyl (C=O) groups excluding carboxylic acids is 1. The lowest BCUT2D eigenvalue weighted by Gasteiger charge is -2.36. The zero-order chi connectivity index (χ0) is 21.5. The van der Waals surface area contributed by atoms with Crippen molar-refractivity contribution >= 4 is 35.5 Å². The van der Waals surface area contributed by atoms with Crippen molar-refractivity contribution in [1.29, 1.82) is 0 Å². The molecular weight excluding hydrogens is 404 g/mol. The summed E-state index contributed by atoms with van der Waals surface area (Å²) in [5.41, 5.74) is 0.736. The molecule has 2 aromatic heterocycles. The van der Waals surface area contributed by atoms with Crippen LogP contribution in [0, 0.1) is 0 Å². The van der Waals surface area contributed by atoms with Gasteiger partial charge in [0, 0.05) is 57.4 Å². The van der Waals surface area contributed by atoms with Crippen LogP contribution in [0.5, 0.6) is 5.75 Å². The number of nitrogens with one attached hydrogen (secondary N) is 2. The molecule has 0 atom stereocenters. The van der Waals surface area contributed by atoms with Gasteiger partial charge in [-0.3, -0.25) is 10.00 Å². The second-order valence-corrected chi connectivity index (χ2v) is 8.10. The molecule has 0 aromatic carbocycles. The van der Waals surface area contributed by atoms with E-state index in [2.05, 4.69) is 49.3 Å². The van der Waals surface area contributed by atoms with Crippen LogP contribution >= 0.6 is 11.8 Å². The third-order valence-corrected chi connectivity index (χ3v) is 5.48. The number of H-pyrrole nitrogens is 1. The summed E-state index contributed by atoms with van der Waals surface area (Å²) in [6.07, 6.45) is 3.07. The van der Waals surface area contributed by atoms with Gasteiger partial charge >= 0.3 is 0 Å². The first kappa shape index (κ1) is 22.3. The number of rotatable bonds is 10. The number of methoxy groups -OCH3 is 1. The van der Waals surface area contributed by atoms with Crippen molar-refractivity contribution in [2.24, 2.45) is 0 Å². The molecule has 11 heteroatoms. The summed E-state index contributed by atoms with van der Waals surface area (Å²) in [6, 6.07) is 1.79. The topological polar surface area (TPSA) is 103 Å². The average Bonchev–Trinajstić information content (AvgIpc) is 3.19. The molecule has 2 aromatic rings. The Hall–Kier alpha value is -2.37.